The van der Waals surface area contributed by atoms with E-state index in [9.17, 15) is 9.59 Å². The molecule has 0 aliphatic rings. The monoisotopic (exact) mass is 384 g/mol. The fraction of sp³-hybridized carbons (Fsp3) is 0.364. The number of anilines is 1. The lowest BCUT2D eigenvalue weighted by atomic mass is 10.2. The van der Waals surface area contributed by atoms with Crippen molar-refractivity contribution in [2.75, 3.05) is 25.5 Å². The van der Waals surface area contributed by atoms with Crippen molar-refractivity contribution in [2.45, 2.75) is 33.4 Å². The van der Waals surface area contributed by atoms with E-state index in [1.165, 1.54) is 0 Å². The molecule has 6 heteroatoms. The van der Waals surface area contributed by atoms with Gasteiger partial charge in [0.15, 0.2) is 0 Å². The molecule has 2 aromatic carbocycles. The van der Waals surface area contributed by atoms with Crippen molar-refractivity contribution >= 4 is 17.6 Å². The van der Waals surface area contributed by atoms with Crippen molar-refractivity contribution in [3.05, 3.63) is 59.7 Å². The first kappa shape index (κ1) is 21.4. The van der Waals surface area contributed by atoms with E-state index in [4.69, 9.17) is 9.47 Å². The number of ether oxygens (including phenoxy) is 2. The first-order valence-corrected chi connectivity index (χ1v) is 9.38. The summed E-state index contributed by atoms with van der Waals surface area (Å²) in [5.41, 5.74) is 2.20. The van der Waals surface area contributed by atoms with Crippen LogP contribution in [-0.4, -0.2) is 43.1 Å². The molecule has 1 amide bonds. The molecular formula is C22H28N2O4. The molecule has 0 saturated carbocycles. The molecule has 150 valence electrons. The Kier molecular flexibility index (Phi) is 8.02. The SMILES string of the molecule is CCOc1ccc(CN(C)CC(=O)Nc2ccc(C(=O)OC(C)C)cc2)cc1. The molecule has 28 heavy (non-hydrogen) atoms. The highest BCUT2D eigenvalue weighted by molar-refractivity contribution is 5.94. The number of benzene rings is 2. The summed E-state index contributed by atoms with van der Waals surface area (Å²) in [6.07, 6.45) is -0.169. The van der Waals surface area contributed by atoms with Crippen LogP contribution in [0, 0.1) is 0 Å². The maximum Gasteiger partial charge on any atom is 0.338 e. The lowest BCUT2D eigenvalue weighted by molar-refractivity contribution is -0.117. The van der Waals surface area contributed by atoms with Gasteiger partial charge in [-0.15, -0.1) is 0 Å². The van der Waals surface area contributed by atoms with Gasteiger partial charge in [-0.2, -0.15) is 0 Å². The summed E-state index contributed by atoms with van der Waals surface area (Å²) in [4.78, 5) is 26.0. The summed E-state index contributed by atoms with van der Waals surface area (Å²) >= 11 is 0. The van der Waals surface area contributed by atoms with Gasteiger partial charge in [-0.05, 0) is 69.8 Å². The zero-order chi connectivity index (χ0) is 20.5. The van der Waals surface area contributed by atoms with Gasteiger partial charge in [-0.25, -0.2) is 4.79 Å². The van der Waals surface area contributed by atoms with Crippen LogP contribution >= 0.6 is 0 Å². The number of likely N-dealkylation sites (N-methyl/N-ethyl adjacent to an activating group) is 1. The molecule has 0 spiro atoms. The van der Waals surface area contributed by atoms with Gasteiger partial charge in [0.25, 0.3) is 0 Å². The van der Waals surface area contributed by atoms with E-state index in [2.05, 4.69) is 5.32 Å². The van der Waals surface area contributed by atoms with Crippen LogP contribution in [0.4, 0.5) is 5.69 Å². The molecule has 0 aliphatic carbocycles. The second-order valence-electron chi connectivity index (χ2n) is 6.83. The molecule has 0 fully saturated rings. The van der Waals surface area contributed by atoms with Crippen LogP contribution in [0.15, 0.2) is 48.5 Å². The van der Waals surface area contributed by atoms with E-state index in [-0.39, 0.29) is 24.5 Å². The Hall–Kier alpha value is -2.86. The predicted octanol–water partition coefficient (Wildman–Crippen LogP) is 3.72. The average molecular weight is 384 g/mol. The van der Waals surface area contributed by atoms with Gasteiger partial charge in [0, 0.05) is 12.2 Å². The summed E-state index contributed by atoms with van der Waals surface area (Å²) in [5, 5.41) is 2.84. The molecule has 6 nitrogen and oxygen atoms in total. The number of amides is 1. The van der Waals surface area contributed by atoms with E-state index in [1.807, 2.05) is 43.1 Å². The number of rotatable bonds is 9. The Morgan fingerprint density at radius 1 is 1.04 bits per heavy atom. The molecule has 0 heterocycles. The Labute approximate surface area is 166 Å². The number of carbonyl (C=O) groups excluding carboxylic acids is 2. The van der Waals surface area contributed by atoms with Crippen LogP contribution in [0.25, 0.3) is 0 Å². The van der Waals surface area contributed by atoms with Crippen LogP contribution < -0.4 is 10.1 Å². The smallest absolute Gasteiger partial charge is 0.338 e. The van der Waals surface area contributed by atoms with Gasteiger partial charge in [0.1, 0.15) is 5.75 Å². The Balaban J connectivity index is 1.83. The van der Waals surface area contributed by atoms with Gasteiger partial charge in [-0.1, -0.05) is 12.1 Å². The number of hydrogen-bond donors (Lipinski definition) is 1. The quantitative estimate of drug-likeness (QED) is 0.668. The highest BCUT2D eigenvalue weighted by Crippen LogP contribution is 2.14. The van der Waals surface area contributed by atoms with Crippen LogP contribution in [0.2, 0.25) is 0 Å². The normalized spacial score (nSPS) is 10.8. The van der Waals surface area contributed by atoms with E-state index in [0.717, 1.165) is 11.3 Å². The third kappa shape index (κ3) is 7.04. The number of hydrogen-bond acceptors (Lipinski definition) is 5. The van der Waals surface area contributed by atoms with Crippen LogP contribution in [-0.2, 0) is 16.1 Å². The van der Waals surface area contributed by atoms with Gasteiger partial charge in [0.05, 0.1) is 24.8 Å². The van der Waals surface area contributed by atoms with E-state index in [0.29, 0.717) is 24.4 Å². The molecule has 0 unspecified atom stereocenters. The van der Waals surface area contributed by atoms with Gasteiger partial charge < -0.3 is 14.8 Å². The average Bonchev–Trinajstić information content (AvgIpc) is 2.63. The van der Waals surface area contributed by atoms with Gasteiger partial charge >= 0.3 is 5.97 Å². The van der Waals surface area contributed by atoms with Crippen LogP contribution in [0.1, 0.15) is 36.7 Å². The highest BCUT2D eigenvalue weighted by atomic mass is 16.5. The van der Waals surface area contributed by atoms with Crippen LogP contribution in [0.3, 0.4) is 0 Å². The lowest BCUT2D eigenvalue weighted by Gasteiger charge is -2.17. The highest BCUT2D eigenvalue weighted by Gasteiger charge is 2.11. The zero-order valence-electron chi connectivity index (χ0n) is 16.9. The van der Waals surface area contributed by atoms with Crippen molar-refractivity contribution in [3.63, 3.8) is 0 Å². The number of nitrogens with one attached hydrogen (secondary N) is 1. The third-order valence-corrected chi connectivity index (χ3v) is 3.85. The fourth-order valence-electron chi connectivity index (χ4n) is 2.64. The molecule has 0 aliphatic heterocycles. The molecule has 0 saturated heterocycles. The largest absolute Gasteiger partial charge is 0.494 e. The zero-order valence-corrected chi connectivity index (χ0v) is 16.9. The molecule has 2 rings (SSSR count). The first-order chi connectivity index (χ1) is 13.4. The summed E-state index contributed by atoms with van der Waals surface area (Å²) < 4.78 is 10.6. The molecule has 0 radical (unpaired) electrons. The maximum atomic E-state index is 12.3. The lowest BCUT2D eigenvalue weighted by Crippen LogP contribution is -2.29. The van der Waals surface area contributed by atoms with E-state index < -0.39 is 0 Å². The number of nitrogens with zero attached hydrogens (tertiary/aromatic N) is 1. The number of carbonyl (C=O) groups is 2. The van der Waals surface area contributed by atoms with Crippen molar-refractivity contribution in [3.8, 4) is 5.75 Å². The van der Waals surface area contributed by atoms with Crippen molar-refractivity contribution in [1.82, 2.24) is 4.90 Å². The van der Waals surface area contributed by atoms with Gasteiger partial charge in [0.2, 0.25) is 5.91 Å². The molecule has 2 aromatic rings. The molecule has 0 bridgehead atoms. The predicted molar refractivity (Wildman–Crippen MR) is 110 cm³/mol. The number of esters is 1. The molecule has 0 aromatic heterocycles. The topological polar surface area (TPSA) is 67.9 Å². The van der Waals surface area contributed by atoms with Crippen molar-refractivity contribution in [2.24, 2.45) is 0 Å². The third-order valence-electron chi connectivity index (χ3n) is 3.85. The standard InChI is InChI=1S/C22H28N2O4/c1-5-27-20-12-6-17(7-13-20)14-24(4)15-21(25)23-19-10-8-18(9-11-19)22(26)28-16(2)3/h6-13,16H,5,14-15H2,1-4H3,(H,23,25). The Bertz CT molecular complexity index is 770. The van der Waals surface area contributed by atoms with Gasteiger partial charge in [-0.3, -0.25) is 9.69 Å². The van der Waals surface area contributed by atoms with Crippen molar-refractivity contribution < 1.29 is 19.1 Å². The fourth-order valence-corrected chi connectivity index (χ4v) is 2.64. The van der Waals surface area contributed by atoms with E-state index >= 15 is 0 Å². The minimum atomic E-state index is -0.372. The minimum Gasteiger partial charge on any atom is -0.494 e. The first-order valence-electron chi connectivity index (χ1n) is 9.38. The Morgan fingerprint density at radius 3 is 2.25 bits per heavy atom. The Morgan fingerprint density at radius 2 is 1.68 bits per heavy atom. The molecule has 0 atom stereocenters. The summed E-state index contributed by atoms with van der Waals surface area (Å²) in [6, 6.07) is 14.5. The minimum absolute atomic E-state index is 0.119. The van der Waals surface area contributed by atoms with Crippen LogP contribution in [0.5, 0.6) is 5.75 Å². The van der Waals surface area contributed by atoms with E-state index in [1.54, 1.807) is 38.1 Å². The maximum absolute atomic E-state index is 12.3. The summed E-state index contributed by atoms with van der Waals surface area (Å²) in [6.45, 7) is 7.10. The van der Waals surface area contributed by atoms with Crippen molar-refractivity contribution in [1.29, 1.82) is 0 Å². The molecule has 1 N–H and O–H groups in total. The summed E-state index contributed by atoms with van der Waals surface area (Å²) in [5.74, 6) is 0.348. The summed E-state index contributed by atoms with van der Waals surface area (Å²) in [7, 11) is 1.89. The molecular weight excluding hydrogens is 356 g/mol. The second-order valence-corrected chi connectivity index (χ2v) is 6.83. The second kappa shape index (κ2) is 10.5.